The number of carboxylic acid groups (broad SMARTS) is 2. The number of aromatic nitrogens is 1. The third kappa shape index (κ3) is 14.3. The maximum atomic E-state index is 14.4. The van der Waals surface area contributed by atoms with E-state index in [-0.39, 0.29) is 76.7 Å². The number of hydrogen-bond acceptors (Lipinski definition) is 17. The Morgan fingerprint density at radius 3 is 1.56 bits per heavy atom. The molecule has 0 spiro atoms. The lowest BCUT2D eigenvalue weighted by Crippen LogP contribution is -2.72. The SMILES string of the molecule is C1CCOC1.C=CCOC(=O)N1CC[C@@H](N2CC/C(=C\C3=C(C(=O)O)N4C(=O)[C@@H](N)C4CC3)C2=O)C1.C=CCOC(=O)N1CC[C@@H](N2CC/C(=C\C3=C(C(=O)O)N4C(=O)[C@@H](NC(=O)/C(=N/OC(c5ccccc5)(c5ccccc5)c5ccccc5)c5nc(C)sc5Cl)C4CC3)C2=O)C1. The number of hydrogen-bond donors (Lipinski definition) is 4. The van der Waals surface area contributed by atoms with Crippen LogP contribution in [-0.4, -0.2) is 206 Å². The third-order valence-electron chi connectivity index (χ3n) is 18.8. The summed E-state index contributed by atoms with van der Waals surface area (Å²) in [6, 6.07) is 25.4. The summed E-state index contributed by atoms with van der Waals surface area (Å²) < 4.78 is 15.3. The number of fused-ring (bicyclic) bond motifs is 2. The molecule has 0 aliphatic carbocycles. The Bertz CT molecular complexity index is 3840. The highest BCUT2D eigenvalue weighted by molar-refractivity contribution is 7.16. The van der Waals surface area contributed by atoms with Gasteiger partial charge in [0.2, 0.25) is 23.3 Å². The minimum absolute atomic E-state index is 0.0651. The van der Waals surface area contributed by atoms with E-state index >= 15 is 0 Å². The van der Waals surface area contributed by atoms with Gasteiger partial charge in [0.25, 0.3) is 11.8 Å². The molecule has 27 heteroatoms. The zero-order valence-electron chi connectivity index (χ0n) is 54.1. The molecule has 2 unspecified atom stereocenters. The fourth-order valence-corrected chi connectivity index (χ4v) is 15.1. The molecule has 0 saturated carbocycles. The number of allylic oxidation sites excluding steroid dienone is 4. The number of ether oxygens (including phenoxy) is 3. The van der Waals surface area contributed by atoms with E-state index in [0.29, 0.717) is 112 Å². The summed E-state index contributed by atoms with van der Waals surface area (Å²) >= 11 is 7.83. The second-order valence-corrected chi connectivity index (χ2v) is 26.6. The van der Waals surface area contributed by atoms with Gasteiger partial charge in [-0.25, -0.2) is 24.2 Å². The fraction of sp³-hybridized carbons (Fsp3) is 0.394. The summed E-state index contributed by atoms with van der Waals surface area (Å²) in [5.41, 5.74) is 7.90. The van der Waals surface area contributed by atoms with E-state index in [2.05, 4.69) is 28.6 Å². The Morgan fingerprint density at radius 1 is 0.684 bits per heavy atom. The van der Waals surface area contributed by atoms with Crippen molar-refractivity contribution >= 4 is 82.3 Å². The minimum atomic E-state index is -1.35. The largest absolute Gasteiger partial charge is 0.477 e. The Kier molecular flexibility index (Phi) is 21.8. The monoisotopic (exact) mass is 1380 g/mol. The van der Waals surface area contributed by atoms with Crippen LogP contribution in [0.1, 0.15) is 91.6 Å². The zero-order chi connectivity index (χ0) is 69.4. The van der Waals surface area contributed by atoms with E-state index in [4.69, 9.17) is 36.4 Å². The molecule has 7 saturated heterocycles. The molecule has 3 aromatic carbocycles. The van der Waals surface area contributed by atoms with Crippen LogP contribution in [0.3, 0.4) is 0 Å². The molecule has 0 bridgehead atoms. The van der Waals surface area contributed by atoms with E-state index in [1.807, 2.05) is 91.0 Å². The molecule has 13 rings (SSSR count). The van der Waals surface area contributed by atoms with E-state index in [0.717, 1.165) is 41.2 Å². The van der Waals surface area contributed by atoms with Gasteiger partial charge < -0.3 is 59.9 Å². The van der Waals surface area contributed by atoms with Gasteiger partial charge in [-0.05, 0) is 94.4 Å². The van der Waals surface area contributed by atoms with Gasteiger partial charge in [-0.2, -0.15) is 0 Å². The summed E-state index contributed by atoms with van der Waals surface area (Å²) in [5.74, 6) is -4.73. The second kappa shape index (κ2) is 30.8. The van der Waals surface area contributed by atoms with E-state index < -0.39 is 65.6 Å². The van der Waals surface area contributed by atoms with E-state index in [1.54, 1.807) is 38.7 Å². The topological polar surface area (TPSA) is 314 Å². The number of carboxylic acids is 2. The van der Waals surface area contributed by atoms with Crippen molar-refractivity contribution in [3.8, 4) is 0 Å². The number of halogens is 1. The van der Waals surface area contributed by atoms with Crippen molar-refractivity contribution in [1.29, 1.82) is 0 Å². The smallest absolute Gasteiger partial charge is 0.410 e. The van der Waals surface area contributed by atoms with Crippen LogP contribution in [0, 0.1) is 6.92 Å². The molecular formula is C71H77ClN10O15S. The number of amides is 7. The first-order chi connectivity index (χ1) is 47.3. The molecule has 7 amide bonds. The quantitative estimate of drug-likeness (QED) is 0.0191. The van der Waals surface area contributed by atoms with Crippen LogP contribution in [0.2, 0.25) is 4.34 Å². The number of aryl methyl sites for hydroxylation is 1. The van der Waals surface area contributed by atoms with Crippen molar-refractivity contribution in [1.82, 2.24) is 39.7 Å². The first-order valence-electron chi connectivity index (χ1n) is 32.7. The highest BCUT2D eigenvalue weighted by atomic mass is 35.5. The van der Waals surface area contributed by atoms with Crippen LogP contribution in [0.5, 0.6) is 0 Å². The molecule has 1 aromatic heterocycles. The second-order valence-electron chi connectivity index (χ2n) is 24.8. The molecule has 25 nitrogen and oxygen atoms in total. The summed E-state index contributed by atoms with van der Waals surface area (Å²) in [5, 5.41) is 28.0. The molecule has 10 heterocycles. The summed E-state index contributed by atoms with van der Waals surface area (Å²) in [7, 11) is 0. The van der Waals surface area contributed by atoms with Crippen LogP contribution in [0.25, 0.3) is 0 Å². The third-order valence-corrected chi connectivity index (χ3v) is 20.0. The molecular weight excluding hydrogens is 1300 g/mol. The zero-order valence-corrected chi connectivity index (χ0v) is 55.7. The van der Waals surface area contributed by atoms with Crippen molar-refractivity contribution < 1.29 is 72.4 Å². The normalized spacial score (nSPS) is 23.7. The molecule has 5 N–H and O–H groups in total. The van der Waals surface area contributed by atoms with Crippen molar-refractivity contribution in [3.63, 3.8) is 0 Å². The van der Waals surface area contributed by atoms with Gasteiger partial charge in [-0.3, -0.25) is 33.8 Å². The maximum Gasteiger partial charge on any atom is 0.410 e. The average Bonchev–Trinajstić information content (AvgIpc) is 0.998. The number of nitrogens with one attached hydrogen (secondary N) is 1. The number of likely N-dealkylation sites (tertiary alicyclic amines) is 4. The number of nitrogens with zero attached hydrogens (tertiary/aromatic N) is 8. The van der Waals surface area contributed by atoms with Gasteiger partial charge in [-0.1, -0.05) is 133 Å². The molecule has 9 aliphatic rings. The lowest BCUT2D eigenvalue weighted by Gasteiger charge is -2.50. The molecule has 0 radical (unpaired) electrons. The summed E-state index contributed by atoms with van der Waals surface area (Å²) in [6.45, 7) is 13.7. The fourth-order valence-electron chi connectivity index (χ4n) is 14.0. The van der Waals surface area contributed by atoms with Crippen molar-refractivity contribution in [2.24, 2.45) is 10.9 Å². The van der Waals surface area contributed by atoms with Crippen LogP contribution < -0.4 is 11.1 Å². The number of nitrogens with two attached hydrogens (primary N) is 1. The Hall–Kier alpha value is -9.76. The van der Waals surface area contributed by atoms with Crippen molar-refractivity contribution in [2.75, 3.05) is 65.7 Å². The Morgan fingerprint density at radius 2 is 1.14 bits per heavy atom. The van der Waals surface area contributed by atoms with Crippen molar-refractivity contribution in [2.45, 2.75) is 113 Å². The lowest BCUT2D eigenvalue weighted by atomic mass is 9.80. The number of aliphatic carboxylic acids is 2. The van der Waals surface area contributed by atoms with Crippen LogP contribution >= 0.6 is 22.9 Å². The van der Waals surface area contributed by atoms with Crippen LogP contribution in [0.4, 0.5) is 9.59 Å². The molecule has 4 aromatic rings. The predicted octanol–water partition coefficient (Wildman–Crippen LogP) is 7.21. The molecule has 6 atom stereocenters. The van der Waals surface area contributed by atoms with Crippen LogP contribution in [-0.2, 0) is 58.2 Å². The Balaban J connectivity index is 0.000000223. The van der Waals surface area contributed by atoms with Gasteiger partial charge in [0.05, 0.1) is 29.2 Å². The van der Waals surface area contributed by atoms with Crippen molar-refractivity contribution in [3.05, 3.63) is 194 Å². The number of carbonyl (C=O) groups excluding carboxylic acids is 7. The number of β-lactam (4-membered cyclic amide) rings is 2. The first kappa shape index (κ1) is 69.6. The van der Waals surface area contributed by atoms with Gasteiger partial charge in [0, 0.05) is 80.3 Å². The standard InChI is InChI=1S/C46H43ClN6O8S.C21H26N4O6.C4H8O/c1-3-25-60-45(59)51-23-22-34(27-51)52-24-21-30(42(52)55)26-29-19-20-35-36(43(56)53(35)39(29)44(57)58)49-41(54)38(37-40(47)62-28(2)48-37)50-61-46(31-13-7-4-8-14-31,32-15-9-5-10-16-32)33-17-11-6-12-18-33;1-2-9-31-21(30)23-7-6-14(11-23)24-8-5-13(18(24)26)10-12-3-4-15-16(22)19(27)25(15)17(12)20(28)29;1-2-4-5-3-1/h3-18,26,34-36H,1,19-25,27H2,2H3,(H,49,54)(H,57,58);2,10,14-16H,1,3-9,11,22H2,(H,28,29);1-4H2/b30-26+,50-38+;13-10+;/t34-,35?,36+;14-,15?,16+;/m11./s1. The molecule has 98 heavy (non-hydrogen) atoms. The minimum Gasteiger partial charge on any atom is -0.477 e. The number of carbonyl (C=O) groups is 9. The number of thiazole rings is 1. The van der Waals surface area contributed by atoms with E-state index in [9.17, 15) is 53.4 Å². The number of benzene rings is 3. The highest BCUT2D eigenvalue weighted by Gasteiger charge is 2.55. The summed E-state index contributed by atoms with van der Waals surface area (Å²) in [4.78, 5) is 136. The average molecular weight is 1380 g/mol. The number of oxime groups is 1. The Labute approximate surface area is 575 Å². The summed E-state index contributed by atoms with van der Waals surface area (Å²) in [6.07, 6.45) is 11.6. The molecule has 514 valence electrons. The highest BCUT2D eigenvalue weighted by Crippen LogP contribution is 2.43. The first-order valence-corrected chi connectivity index (χ1v) is 33.9. The molecule has 7 fully saturated rings. The van der Waals surface area contributed by atoms with Crippen LogP contribution in [0.15, 0.2) is 167 Å². The van der Waals surface area contributed by atoms with Gasteiger partial charge in [0.15, 0.2) is 5.71 Å². The molecule has 9 aliphatic heterocycles. The van der Waals surface area contributed by atoms with Gasteiger partial charge in [-0.15, -0.1) is 11.3 Å². The number of rotatable bonds is 18. The van der Waals surface area contributed by atoms with Gasteiger partial charge in [0.1, 0.15) is 46.7 Å². The lowest BCUT2D eigenvalue weighted by molar-refractivity contribution is -0.155. The maximum absolute atomic E-state index is 14.4. The van der Waals surface area contributed by atoms with Gasteiger partial charge >= 0.3 is 24.1 Å². The van der Waals surface area contributed by atoms with E-state index in [1.165, 1.54) is 34.8 Å². The predicted molar refractivity (Wildman–Crippen MR) is 360 cm³/mol.